The number of morpholine rings is 1. The fourth-order valence-electron chi connectivity index (χ4n) is 2.41. The minimum atomic E-state index is -0.437. The number of nitro benzene ring substituents is 1. The number of hydrogen-bond donors (Lipinski definition) is 1. The Morgan fingerprint density at radius 1 is 1.32 bits per heavy atom. The van der Waals surface area contributed by atoms with Crippen LogP contribution in [0.3, 0.4) is 0 Å². The van der Waals surface area contributed by atoms with Crippen LogP contribution in [0.15, 0.2) is 35.4 Å². The summed E-state index contributed by atoms with van der Waals surface area (Å²) in [6, 6.07) is 8.03. The molecule has 0 spiro atoms. The Balaban J connectivity index is 1.71. The van der Waals surface area contributed by atoms with Gasteiger partial charge in [-0.15, -0.1) is 0 Å². The number of aryl methyl sites for hydroxylation is 1. The highest BCUT2D eigenvalue weighted by molar-refractivity contribution is 5.81. The number of nitro groups is 1. The number of non-ortho nitro benzene ring substituents is 1. The van der Waals surface area contributed by atoms with E-state index in [0.717, 1.165) is 18.8 Å². The molecule has 0 unspecified atom stereocenters. The molecule has 0 atom stereocenters. The minimum absolute atomic E-state index is 0.0245. The molecule has 1 N–H and O–H groups in total. The van der Waals surface area contributed by atoms with Crippen LogP contribution in [0.4, 0.5) is 17.5 Å². The molecule has 130 valence electrons. The standard InChI is InChI=1S/C16H18N6O3/c1-12-9-15(19-16(18-12)21-5-7-25-8-6-21)20-17-11-13-3-2-4-14(10-13)22(23)24/h2-4,9-11H,5-8H2,1H3,(H,18,19,20). The highest BCUT2D eigenvalue weighted by Crippen LogP contribution is 2.15. The third-order valence-electron chi connectivity index (χ3n) is 3.61. The summed E-state index contributed by atoms with van der Waals surface area (Å²) in [5, 5.41) is 14.9. The minimum Gasteiger partial charge on any atom is -0.378 e. The van der Waals surface area contributed by atoms with E-state index in [0.29, 0.717) is 30.5 Å². The van der Waals surface area contributed by atoms with Gasteiger partial charge < -0.3 is 9.64 Å². The Hall–Kier alpha value is -3.07. The Morgan fingerprint density at radius 2 is 2.12 bits per heavy atom. The second kappa shape index (κ2) is 7.67. The molecule has 0 radical (unpaired) electrons. The zero-order chi connectivity index (χ0) is 17.6. The molecular formula is C16H18N6O3. The van der Waals surface area contributed by atoms with Crippen LogP contribution in [0.2, 0.25) is 0 Å². The predicted octanol–water partition coefficient (Wildman–Crippen LogP) is 1.98. The molecule has 1 fully saturated rings. The van der Waals surface area contributed by atoms with E-state index in [1.807, 2.05) is 6.92 Å². The van der Waals surface area contributed by atoms with Gasteiger partial charge in [-0.2, -0.15) is 10.1 Å². The van der Waals surface area contributed by atoms with Gasteiger partial charge in [-0.3, -0.25) is 15.5 Å². The molecule has 25 heavy (non-hydrogen) atoms. The summed E-state index contributed by atoms with van der Waals surface area (Å²) < 4.78 is 5.34. The van der Waals surface area contributed by atoms with Crippen LogP contribution in [0.5, 0.6) is 0 Å². The van der Waals surface area contributed by atoms with Gasteiger partial charge in [0.25, 0.3) is 5.69 Å². The van der Waals surface area contributed by atoms with E-state index >= 15 is 0 Å². The normalized spacial score (nSPS) is 14.7. The first-order valence-corrected chi connectivity index (χ1v) is 7.84. The van der Waals surface area contributed by atoms with Crippen molar-refractivity contribution in [1.29, 1.82) is 0 Å². The van der Waals surface area contributed by atoms with Crippen LogP contribution < -0.4 is 10.3 Å². The van der Waals surface area contributed by atoms with Gasteiger partial charge >= 0.3 is 0 Å². The predicted molar refractivity (Wildman–Crippen MR) is 94.1 cm³/mol. The molecular weight excluding hydrogens is 324 g/mol. The Morgan fingerprint density at radius 3 is 2.88 bits per heavy atom. The van der Waals surface area contributed by atoms with Crippen LogP contribution in [0.1, 0.15) is 11.3 Å². The van der Waals surface area contributed by atoms with Crippen LogP contribution >= 0.6 is 0 Å². The Labute approximate surface area is 144 Å². The average molecular weight is 342 g/mol. The lowest BCUT2D eigenvalue weighted by atomic mass is 10.2. The molecule has 1 aromatic carbocycles. The molecule has 9 nitrogen and oxygen atoms in total. The summed E-state index contributed by atoms with van der Waals surface area (Å²) in [6.45, 7) is 4.71. The second-order valence-electron chi connectivity index (χ2n) is 5.52. The van der Waals surface area contributed by atoms with E-state index in [4.69, 9.17) is 4.74 Å². The van der Waals surface area contributed by atoms with E-state index in [2.05, 4.69) is 25.4 Å². The fraction of sp³-hybridized carbons (Fsp3) is 0.312. The van der Waals surface area contributed by atoms with E-state index in [9.17, 15) is 10.1 Å². The number of nitrogens with one attached hydrogen (secondary N) is 1. The lowest BCUT2D eigenvalue weighted by molar-refractivity contribution is -0.384. The number of hydrazone groups is 1. The van der Waals surface area contributed by atoms with Gasteiger partial charge in [-0.05, 0) is 6.92 Å². The van der Waals surface area contributed by atoms with Crippen molar-refractivity contribution in [2.75, 3.05) is 36.6 Å². The molecule has 1 aliphatic heterocycles. The van der Waals surface area contributed by atoms with Crippen molar-refractivity contribution >= 4 is 23.7 Å². The van der Waals surface area contributed by atoms with Gasteiger partial charge in [0.15, 0.2) is 5.82 Å². The average Bonchev–Trinajstić information content (AvgIpc) is 2.62. The fourth-order valence-corrected chi connectivity index (χ4v) is 2.41. The van der Waals surface area contributed by atoms with Gasteiger partial charge in [-0.1, -0.05) is 12.1 Å². The largest absolute Gasteiger partial charge is 0.378 e. The summed E-state index contributed by atoms with van der Waals surface area (Å²) in [6.07, 6.45) is 1.51. The molecule has 1 aromatic heterocycles. The molecule has 0 bridgehead atoms. The first kappa shape index (κ1) is 16.8. The Bertz CT molecular complexity index is 789. The van der Waals surface area contributed by atoms with Crippen LogP contribution in [-0.4, -0.2) is 47.4 Å². The summed E-state index contributed by atoms with van der Waals surface area (Å²) >= 11 is 0. The topological polar surface area (TPSA) is 106 Å². The van der Waals surface area contributed by atoms with Crippen molar-refractivity contribution in [2.24, 2.45) is 5.10 Å². The highest BCUT2D eigenvalue weighted by Gasteiger charge is 2.14. The third kappa shape index (κ3) is 4.48. The maximum absolute atomic E-state index is 10.8. The monoisotopic (exact) mass is 342 g/mol. The molecule has 2 heterocycles. The van der Waals surface area contributed by atoms with Crippen LogP contribution in [0.25, 0.3) is 0 Å². The lowest BCUT2D eigenvalue weighted by Gasteiger charge is -2.27. The molecule has 3 rings (SSSR count). The third-order valence-corrected chi connectivity index (χ3v) is 3.61. The van der Waals surface area contributed by atoms with Gasteiger partial charge in [0, 0.05) is 42.5 Å². The van der Waals surface area contributed by atoms with Gasteiger partial charge in [0.2, 0.25) is 5.95 Å². The summed E-state index contributed by atoms with van der Waals surface area (Å²) in [5.41, 5.74) is 4.33. The van der Waals surface area contributed by atoms with E-state index in [1.165, 1.54) is 18.3 Å². The number of nitrogens with zero attached hydrogens (tertiary/aromatic N) is 5. The smallest absolute Gasteiger partial charge is 0.270 e. The summed E-state index contributed by atoms with van der Waals surface area (Å²) in [7, 11) is 0. The van der Waals surface area contributed by atoms with E-state index in [1.54, 1.807) is 18.2 Å². The van der Waals surface area contributed by atoms with Crippen molar-refractivity contribution in [3.8, 4) is 0 Å². The molecule has 2 aromatic rings. The number of hydrogen-bond acceptors (Lipinski definition) is 8. The maximum atomic E-state index is 10.8. The molecule has 0 aliphatic carbocycles. The van der Waals surface area contributed by atoms with Gasteiger partial charge in [-0.25, -0.2) is 4.98 Å². The molecule has 9 heteroatoms. The van der Waals surface area contributed by atoms with Crippen molar-refractivity contribution in [3.05, 3.63) is 51.7 Å². The SMILES string of the molecule is Cc1cc(NN=Cc2cccc([N+](=O)[O-])c2)nc(N2CCOCC2)n1. The number of benzene rings is 1. The zero-order valence-corrected chi connectivity index (χ0v) is 13.8. The van der Waals surface area contributed by atoms with E-state index < -0.39 is 4.92 Å². The molecule has 1 saturated heterocycles. The number of ether oxygens (including phenoxy) is 1. The first-order valence-electron chi connectivity index (χ1n) is 7.84. The van der Waals surface area contributed by atoms with Crippen molar-refractivity contribution in [1.82, 2.24) is 9.97 Å². The van der Waals surface area contributed by atoms with Crippen LogP contribution in [0, 0.1) is 17.0 Å². The summed E-state index contributed by atoms with van der Waals surface area (Å²) in [5.74, 6) is 1.20. The van der Waals surface area contributed by atoms with Crippen molar-refractivity contribution < 1.29 is 9.66 Å². The summed E-state index contributed by atoms with van der Waals surface area (Å²) in [4.78, 5) is 21.3. The molecule has 0 saturated carbocycles. The van der Waals surface area contributed by atoms with Crippen molar-refractivity contribution in [3.63, 3.8) is 0 Å². The van der Waals surface area contributed by atoms with Gasteiger partial charge in [0.1, 0.15) is 0 Å². The highest BCUT2D eigenvalue weighted by atomic mass is 16.6. The second-order valence-corrected chi connectivity index (χ2v) is 5.52. The number of rotatable bonds is 5. The van der Waals surface area contributed by atoms with Crippen LogP contribution in [-0.2, 0) is 4.74 Å². The van der Waals surface area contributed by atoms with Gasteiger partial charge in [0.05, 0.1) is 24.4 Å². The zero-order valence-electron chi connectivity index (χ0n) is 13.8. The first-order chi connectivity index (χ1) is 12.1. The van der Waals surface area contributed by atoms with E-state index in [-0.39, 0.29) is 5.69 Å². The molecule has 1 aliphatic rings. The molecule has 0 amide bonds. The quantitative estimate of drug-likeness (QED) is 0.503. The Kier molecular flexibility index (Phi) is 5.14. The number of anilines is 2. The van der Waals surface area contributed by atoms with Crippen molar-refractivity contribution in [2.45, 2.75) is 6.92 Å². The lowest BCUT2D eigenvalue weighted by Crippen LogP contribution is -2.37. The maximum Gasteiger partial charge on any atom is 0.270 e. The number of aromatic nitrogens is 2.